The Bertz CT molecular complexity index is 153. The molecule has 0 unspecified atom stereocenters. The molecule has 0 aromatic rings. The fourth-order valence-electron chi connectivity index (χ4n) is 1.33. The van der Waals surface area contributed by atoms with Crippen LogP contribution < -0.4 is 0 Å². The Balaban J connectivity index is 2.43. The predicted octanol–water partition coefficient (Wildman–Crippen LogP) is 1.84. The van der Waals surface area contributed by atoms with Crippen LogP contribution in [0, 0.1) is 5.92 Å². The number of rotatable bonds is 0. The molecule has 0 aliphatic heterocycles. The molecule has 0 aromatic carbocycles. The van der Waals surface area contributed by atoms with Gasteiger partial charge in [-0.05, 0) is 0 Å². The summed E-state index contributed by atoms with van der Waals surface area (Å²) in [5.41, 5.74) is 0. The zero-order chi connectivity index (χ0) is 5.61. The molecule has 1 heteroatoms. The molecule has 0 spiro atoms. The number of hydrogen-bond acceptors (Lipinski definition) is 0. The third-order valence-corrected chi connectivity index (χ3v) is 2.88. The van der Waals surface area contributed by atoms with E-state index in [1.807, 2.05) is 0 Å². The van der Waals surface area contributed by atoms with E-state index in [4.69, 9.17) is 0 Å². The van der Waals surface area contributed by atoms with Crippen LogP contribution in [0.2, 0.25) is 3.80 Å². The second-order valence-electron chi connectivity index (χ2n) is 2.54. The van der Waals surface area contributed by atoms with E-state index in [0.29, 0.717) is 3.80 Å². The normalized spacial score (nSPS) is 48.8. The van der Waals surface area contributed by atoms with Gasteiger partial charge < -0.3 is 0 Å². The topological polar surface area (TPSA) is 0 Å². The van der Waals surface area contributed by atoms with Gasteiger partial charge in [0.25, 0.3) is 0 Å². The predicted molar refractivity (Wildman–Crippen MR) is 29.1 cm³/mol. The molecule has 2 rings (SSSR count). The molecule has 0 saturated heterocycles. The summed E-state index contributed by atoms with van der Waals surface area (Å²) in [5.74, 6) is 0.780. The van der Waals surface area contributed by atoms with E-state index in [2.05, 4.69) is 44.1 Å². The van der Waals surface area contributed by atoms with Crippen LogP contribution in [0.3, 0.4) is 0 Å². The number of fused-ring (bicyclic) bond motifs is 2. The van der Waals surface area contributed by atoms with Crippen LogP contribution in [-0.2, 0) is 19.8 Å². The van der Waals surface area contributed by atoms with E-state index in [1.54, 1.807) is 0 Å². The van der Waals surface area contributed by atoms with Crippen LogP contribution in [-0.4, -0.2) is 0 Å². The molecule has 0 aromatic heterocycles. The monoisotopic (exact) mass is 189 g/mol. The summed E-state index contributed by atoms with van der Waals surface area (Å²) in [6.45, 7) is 0. The Labute approximate surface area is 60.6 Å². The first-order valence-corrected chi connectivity index (χ1v) is 3.88. The molecule has 0 heterocycles. The van der Waals surface area contributed by atoms with Crippen LogP contribution in [0.15, 0.2) is 24.3 Å². The third-order valence-electron chi connectivity index (χ3n) is 1.81. The molecule has 0 radical (unpaired) electrons. The van der Waals surface area contributed by atoms with E-state index in [-0.39, 0.29) is 0 Å². The molecule has 8 heavy (non-hydrogen) atoms. The minimum absolute atomic E-state index is 0.459. The summed E-state index contributed by atoms with van der Waals surface area (Å²) in [5, 5.41) is 0. The first kappa shape index (κ1) is 4.99. The molecule has 0 fully saturated rings. The van der Waals surface area contributed by atoms with Crippen LogP contribution in [0.25, 0.3) is 0 Å². The van der Waals surface area contributed by atoms with Gasteiger partial charge in [0.2, 0.25) is 0 Å². The molecular formula is C7H7Mo. The van der Waals surface area contributed by atoms with Crippen molar-refractivity contribution in [2.45, 2.75) is 10.2 Å². The second kappa shape index (κ2) is 1.36. The molecule has 0 atom stereocenters. The van der Waals surface area contributed by atoms with Crippen molar-refractivity contribution in [1.29, 1.82) is 0 Å². The van der Waals surface area contributed by atoms with Crippen molar-refractivity contribution in [3.63, 3.8) is 0 Å². The SMILES string of the molecule is [Mo][C]12C=CC(C=C1)C2. The summed E-state index contributed by atoms with van der Waals surface area (Å²) >= 11 is 2.21. The fourth-order valence-corrected chi connectivity index (χ4v) is 2.19. The van der Waals surface area contributed by atoms with E-state index >= 15 is 0 Å². The van der Waals surface area contributed by atoms with Crippen molar-refractivity contribution >= 4 is 0 Å². The van der Waals surface area contributed by atoms with Crippen LogP contribution in [0.1, 0.15) is 6.42 Å². The summed E-state index contributed by atoms with van der Waals surface area (Å²) in [6, 6.07) is 0. The van der Waals surface area contributed by atoms with Crippen LogP contribution in [0.4, 0.5) is 0 Å². The first-order valence-electron chi connectivity index (χ1n) is 2.88. The Morgan fingerprint density at radius 1 is 1.38 bits per heavy atom. The Kier molecular flexibility index (Phi) is 0.848. The molecule has 0 amide bonds. The van der Waals surface area contributed by atoms with Gasteiger partial charge in [-0.2, -0.15) is 0 Å². The van der Waals surface area contributed by atoms with Crippen molar-refractivity contribution < 1.29 is 19.8 Å². The number of hydrogen-bond donors (Lipinski definition) is 0. The number of allylic oxidation sites excluding steroid dienone is 4. The maximum atomic E-state index is 2.32. The van der Waals surface area contributed by atoms with Gasteiger partial charge in [0.05, 0.1) is 0 Å². The first-order chi connectivity index (χ1) is 3.79. The summed E-state index contributed by atoms with van der Waals surface area (Å²) in [6.07, 6.45) is 10.6. The standard InChI is InChI=1S/C7H7.Mo/c1-2-7-4-3-6(1)5-7;/h1-4,6H,5H2;. The van der Waals surface area contributed by atoms with Crippen molar-refractivity contribution in [3.05, 3.63) is 24.3 Å². The van der Waals surface area contributed by atoms with Gasteiger partial charge >= 0.3 is 60.3 Å². The molecular weight excluding hydrogens is 180 g/mol. The van der Waals surface area contributed by atoms with E-state index in [0.717, 1.165) is 5.92 Å². The molecule has 2 aliphatic rings. The average Bonchev–Trinajstić information content (AvgIpc) is 2.21. The summed E-state index contributed by atoms with van der Waals surface area (Å²) < 4.78 is 0.459. The molecule has 0 N–H and O–H groups in total. The van der Waals surface area contributed by atoms with Gasteiger partial charge in [0, 0.05) is 0 Å². The molecule has 0 nitrogen and oxygen atoms in total. The Morgan fingerprint density at radius 3 is 2.12 bits per heavy atom. The quantitative estimate of drug-likeness (QED) is 0.401. The molecule has 2 bridgehead atoms. The molecule has 2 aliphatic carbocycles. The van der Waals surface area contributed by atoms with Gasteiger partial charge in [0.1, 0.15) is 0 Å². The van der Waals surface area contributed by atoms with E-state index in [9.17, 15) is 0 Å². The van der Waals surface area contributed by atoms with Crippen molar-refractivity contribution in [1.82, 2.24) is 0 Å². The van der Waals surface area contributed by atoms with Crippen LogP contribution >= 0.6 is 0 Å². The molecule has 0 saturated carbocycles. The van der Waals surface area contributed by atoms with E-state index in [1.165, 1.54) is 6.42 Å². The molecule has 41 valence electrons. The summed E-state index contributed by atoms with van der Waals surface area (Å²) in [4.78, 5) is 0. The Morgan fingerprint density at radius 2 is 2.00 bits per heavy atom. The Hall–Kier alpha value is 0.168. The maximum absolute atomic E-state index is 2.32. The van der Waals surface area contributed by atoms with Crippen molar-refractivity contribution in [2.75, 3.05) is 0 Å². The van der Waals surface area contributed by atoms with Gasteiger partial charge in [-0.25, -0.2) is 0 Å². The fraction of sp³-hybridized carbons (Fsp3) is 0.429. The minimum atomic E-state index is 0.459. The second-order valence-corrected chi connectivity index (χ2v) is 4.41. The zero-order valence-electron chi connectivity index (χ0n) is 4.50. The zero-order valence-corrected chi connectivity index (χ0v) is 6.51. The van der Waals surface area contributed by atoms with Crippen molar-refractivity contribution in [2.24, 2.45) is 5.92 Å². The summed E-state index contributed by atoms with van der Waals surface area (Å²) in [7, 11) is 0. The van der Waals surface area contributed by atoms with Gasteiger partial charge in [0.15, 0.2) is 0 Å². The average molecular weight is 187 g/mol. The van der Waals surface area contributed by atoms with Gasteiger partial charge in [-0.15, -0.1) is 0 Å². The van der Waals surface area contributed by atoms with Gasteiger partial charge in [-0.1, -0.05) is 0 Å². The van der Waals surface area contributed by atoms with E-state index < -0.39 is 0 Å². The van der Waals surface area contributed by atoms with Gasteiger partial charge in [-0.3, -0.25) is 0 Å². The van der Waals surface area contributed by atoms with Crippen LogP contribution in [0.5, 0.6) is 0 Å². The van der Waals surface area contributed by atoms with Crippen molar-refractivity contribution in [3.8, 4) is 0 Å². The third kappa shape index (κ3) is 0.559.